The predicted octanol–water partition coefficient (Wildman–Crippen LogP) is 4.17. The van der Waals surface area contributed by atoms with Crippen molar-refractivity contribution in [2.45, 2.75) is 18.9 Å². The number of hydrogen-bond donors (Lipinski definition) is 1. The molecule has 0 bridgehead atoms. The first-order valence-electron chi connectivity index (χ1n) is 11.5. The van der Waals surface area contributed by atoms with Gasteiger partial charge in [-0.05, 0) is 49.2 Å². The molecule has 0 spiro atoms. The van der Waals surface area contributed by atoms with Crippen LogP contribution in [0.1, 0.15) is 18.9 Å². The van der Waals surface area contributed by atoms with E-state index < -0.39 is 5.92 Å². The largest absolute Gasteiger partial charge is 0.457 e. The summed E-state index contributed by atoms with van der Waals surface area (Å²) in [5.41, 5.74) is 8.38. The number of nitriles is 1. The van der Waals surface area contributed by atoms with Crippen LogP contribution in [-0.4, -0.2) is 49.0 Å². The lowest BCUT2D eigenvalue weighted by atomic mass is 10.0. The minimum Gasteiger partial charge on any atom is -0.457 e. The minimum atomic E-state index is -0.932. The van der Waals surface area contributed by atoms with Crippen LogP contribution in [-0.2, 0) is 4.79 Å². The molecule has 2 N–H and O–H groups in total. The van der Waals surface area contributed by atoms with Crippen molar-refractivity contribution in [2.24, 2.45) is 5.92 Å². The number of nitrogens with zero attached hydrogens (tertiary/aromatic N) is 6. The van der Waals surface area contributed by atoms with Crippen LogP contribution in [0.4, 0.5) is 5.82 Å². The van der Waals surface area contributed by atoms with E-state index in [0.29, 0.717) is 41.4 Å². The lowest BCUT2D eigenvalue weighted by Crippen LogP contribution is -2.43. The molecule has 2 aromatic heterocycles. The number of rotatable bonds is 6. The van der Waals surface area contributed by atoms with E-state index in [9.17, 15) is 10.1 Å². The Kier molecular flexibility index (Phi) is 6.56. The van der Waals surface area contributed by atoms with Crippen molar-refractivity contribution in [2.75, 3.05) is 18.8 Å². The average Bonchev–Trinajstić information content (AvgIpc) is 3.31. The summed E-state index contributed by atoms with van der Waals surface area (Å²) in [7, 11) is 0. The van der Waals surface area contributed by atoms with E-state index in [0.717, 1.165) is 24.2 Å². The standard InChI is InChI=1S/C26H23N7O2S/c27-13-18(15-36)26(34)32-12-4-5-19(14-32)33-25-22(24(28)29-16-30-25)23(31-33)17-8-10-21(11-9-17)35-20-6-2-1-3-7-20/h1-3,6-11,15-16,18-19H,4-5,12,14H2,(H2,28,29,30)/t18-,19+/m0/s1. The lowest BCUT2D eigenvalue weighted by Gasteiger charge is -2.33. The summed E-state index contributed by atoms with van der Waals surface area (Å²) in [5, 5.41) is 16.0. The summed E-state index contributed by atoms with van der Waals surface area (Å²) < 4.78 is 7.74. The first-order chi connectivity index (χ1) is 17.6. The number of carbonyl (C=O) groups excluding carboxylic acids is 1. The molecule has 0 unspecified atom stereocenters. The number of aromatic nitrogens is 4. The van der Waals surface area contributed by atoms with Gasteiger partial charge in [-0.15, -0.1) is 0 Å². The second-order valence-corrected chi connectivity index (χ2v) is 8.79. The monoisotopic (exact) mass is 497 g/mol. The number of fused-ring (bicyclic) bond motifs is 1. The molecule has 0 radical (unpaired) electrons. The van der Waals surface area contributed by atoms with Gasteiger partial charge in [-0.2, -0.15) is 10.4 Å². The van der Waals surface area contributed by atoms with Crippen LogP contribution in [0.15, 0.2) is 60.9 Å². The van der Waals surface area contributed by atoms with E-state index in [4.69, 9.17) is 27.8 Å². The molecule has 0 aliphatic carbocycles. The van der Waals surface area contributed by atoms with Crippen molar-refractivity contribution in [3.63, 3.8) is 0 Å². The number of hydrogen-bond acceptors (Lipinski definition) is 8. The molecule has 1 aliphatic heterocycles. The van der Waals surface area contributed by atoms with Crippen molar-refractivity contribution in [3.05, 3.63) is 60.9 Å². The number of amides is 1. The fraction of sp³-hybridized carbons (Fsp3) is 0.231. The molecule has 36 heavy (non-hydrogen) atoms. The number of likely N-dealkylation sites (tertiary alicyclic amines) is 1. The summed E-state index contributed by atoms with van der Waals surface area (Å²) in [6.07, 6.45) is 3.00. The third-order valence-electron chi connectivity index (χ3n) is 6.22. The number of anilines is 1. The molecule has 1 saturated heterocycles. The average molecular weight is 498 g/mol. The van der Waals surface area contributed by atoms with E-state index in [1.807, 2.05) is 65.3 Å². The number of piperidine rings is 1. The van der Waals surface area contributed by atoms with Crippen LogP contribution in [0.25, 0.3) is 22.3 Å². The quantitative estimate of drug-likeness (QED) is 0.394. The summed E-state index contributed by atoms with van der Waals surface area (Å²) >= 11 is 4.87. The number of para-hydroxylation sites is 1. The van der Waals surface area contributed by atoms with Gasteiger partial charge in [-0.25, -0.2) is 14.6 Å². The van der Waals surface area contributed by atoms with Crippen molar-refractivity contribution in [3.8, 4) is 28.8 Å². The molecule has 9 nitrogen and oxygen atoms in total. The maximum absolute atomic E-state index is 12.8. The number of thiocarbonyl (C=S) groups is 1. The number of benzene rings is 2. The van der Waals surface area contributed by atoms with Gasteiger partial charge in [0.25, 0.3) is 0 Å². The molecular formula is C26H23N7O2S. The molecule has 5 rings (SSSR count). The highest BCUT2D eigenvalue weighted by atomic mass is 32.1. The van der Waals surface area contributed by atoms with Gasteiger partial charge in [-0.3, -0.25) is 4.79 Å². The zero-order chi connectivity index (χ0) is 25.1. The Morgan fingerprint density at radius 1 is 1.17 bits per heavy atom. The summed E-state index contributed by atoms with van der Waals surface area (Å²) in [6.45, 7) is 0.979. The highest BCUT2D eigenvalue weighted by Crippen LogP contribution is 2.35. The smallest absolute Gasteiger partial charge is 0.244 e. The fourth-order valence-corrected chi connectivity index (χ4v) is 4.63. The second kappa shape index (κ2) is 10.1. The van der Waals surface area contributed by atoms with Gasteiger partial charge in [0.2, 0.25) is 5.91 Å². The molecule has 1 aliphatic rings. The summed E-state index contributed by atoms with van der Waals surface area (Å²) in [6, 6.07) is 19.0. The minimum absolute atomic E-state index is 0.126. The molecule has 2 atom stereocenters. The van der Waals surface area contributed by atoms with Crippen LogP contribution in [0, 0.1) is 17.2 Å². The Hall–Kier alpha value is -4.36. The van der Waals surface area contributed by atoms with E-state index in [1.54, 1.807) is 4.90 Å². The summed E-state index contributed by atoms with van der Waals surface area (Å²) in [4.78, 5) is 23.1. The number of ether oxygens (including phenoxy) is 1. The zero-order valence-electron chi connectivity index (χ0n) is 19.3. The normalized spacial score (nSPS) is 16.3. The topological polar surface area (TPSA) is 123 Å². The molecule has 4 aromatic rings. The number of carbonyl (C=O) groups is 1. The highest BCUT2D eigenvalue weighted by molar-refractivity contribution is 7.79. The van der Waals surface area contributed by atoms with Crippen LogP contribution < -0.4 is 10.5 Å². The van der Waals surface area contributed by atoms with Crippen LogP contribution in [0.5, 0.6) is 11.5 Å². The predicted molar refractivity (Wildman–Crippen MR) is 139 cm³/mol. The van der Waals surface area contributed by atoms with Gasteiger partial charge in [0.05, 0.1) is 17.5 Å². The maximum Gasteiger partial charge on any atom is 0.244 e. The van der Waals surface area contributed by atoms with E-state index in [2.05, 4.69) is 9.97 Å². The maximum atomic E-state index is 12.8. The summed E-state index contributed by atoms with van der Waals surface area (Å²) in [5.74, 6) is 0.571. The molecule has 3 heterocycles. The van der Waals surface area contributed by atoms with Crippen molar-refractivity contribution >= 4 is 40.3 Å². The van der Waals surface area contributed by atoms with Crippen molar-refractivity contribution in [1.82, 2.24) is 24.6 Å². The van der Waals surface area contributed by atoms with E-state index >= 15 is 0 Å². The van der Waals surface area contributed by atoms with Gasteiger partial charge in [0.15, 0.2) is 11.6 Å². The number of nitrogens with two attached hydrogens (primary N) is 1. The third-order valence-corrected chi connectivity index (χ3v) is 6.49. The van der Waals surface area contributed by atoms with Gasteiger partial charge < -0.3 is 15.4 Å². The SMILES string of the molecule is N#C[C@@H](C=S)C(=O)N1CCC[C@@H](n2nc(-c3ccc(Oc4ccccc4)cc3)c3c(N)ncnc32)C1. The second-order valence-electron chi connectivity index (χ2n) is 8.51. The fourth-order valence-electron chi connectivity index (χ4n) is 4.45. The Balaban J connectivity index is 1.47. The number of nitrogen functional groups attached to an aromatic ring is 1. The van der Waals surface area contributed by atoms with Gasteiger partial charge in [0, 0.05) is 24.0 Å². The molecule has 180 valence electrons. The van der Waals surface area contributed by atoms with Crippen LogP contribution >= 0.6 is 12.2 Å². The van der Waals surface area contributed by atoms with Gasteiger partial charge in [0.1, 0.15) is 29.3 Å². The molecular weight excluding hydrogens is 474 g/mol. The molecule has 0 saturated carbocycles. The molecule has 2 aromatic carbocycles. The van der Waals surface area contributed by atoms with Gasteiger partial charge >= 0.3 is 0 Å². The first kappa shape index (κ1) is 23.4. The van der Waals surface area contributed by atoms with Gasteiger partial charge in [-0.1, -0.05) is 30.4 Å². The highest BCUT2D eigenvalue weighted by Gasteiger charge is 2.31. The van der Waals surface area contributed by atoms with Crippen molar-refractivity contribution < 1.29 is 9.53 Å². The Morgan fingerprint density at radius 3 is 2.64 bits per heavy atom. The lowest BCUT2D eigenvalue weighted by molar-refractivity contribution is -0.133. The van der Waals surface area contributed by atoms with Crippen molar-refractivity contribution in [1.29, 1.82) is 5.26 Å². The first-order valence-corrected chi connectivity index (χ1v) is 12.0. The molecule has 1 fully saturated rings. The Bertz CT molecular complexity index is 1450. The Labute approximate surface area is 213 Å². The Morgan fingerprint density at radius 2 is 1.92 bits per heavy atom. The zero-order valence-corrected chi connectivity index (χ0v) is 20.1. The van der Waals surface area contributed by atoms with Crippen LogP contribution in [0.3, 0.4) is 0 Å². The van der Waals surface area contributed by atoms with Crippen LogP contribution in [0.2, 0.25) is 0 Å². The van der Waals surface area contributed by atoms with E-state index in [1.165, 1.54) is 11.7 Å². The molecule has 10 heteroatoms. The van der Waals surface area contributed by atoms with E-state index in [-0.39, 0.29) is 11.9 Å². The third kappa shape index (κ3) is 4.48. The molecule has 1 amide bonds.